The predicted octanol–water partition coefficient (Wildman–Crippen LogP) is 17.9. The van der Waals surface area contributed by atoms with Gasteiger partial charge in [-0.1, -0.05) is 239 Å². The lowest BCUT2D eigenvalue weighted by molar-refractivity contribution is -0.167. The molecule has 6 nitrogen and oxygen atoms in total. The summed E-state index contributed by atoms with van der Waals surface area (Å²) >= 11 is 0. The van der Waals surface area contributed by atoms with Crippen molar-refractivity contribution >= 4 is 17.9 Å². The molecule has 0 aromatic rings. The molecule has 1 unspecified atom stereocenters. The van der Waals surface area contributed by atoms with Crippen LogP contribution in [-0.4, -0.2) is 37.2 Å². The molecule has 0 rings (SSSR count). The fraction of sp³-hybridized carbons (Fsp3) is 0.650. The van der Waals surface area contributed by atoms with Crippen LogP contribution in [0.2, 0.25) is 0 Å². The summed E-state index contributed by atoms with van der Waals surface area (Å²) in [7, 11) is 0. The van der Waals surface area contributed by atoms with Crippen molar-refractivity contribution in [2.45, 2.75) is 239 Å². The molecule has 0 amide bonds. The number of allylic oxidation sites excluding steroid dienone is 18. The molecular formula is C60H98O6. The Morgan fingerprint density at radius 2 is 0.636 bits per heavy atom. The van der Waals surface area contributed by atoms with Gasteiger partial charge < -0.3 is 14.2 Å². The highest BCUT2D eigenvalue weighted by Crippen LogP contribution is 2.14. The summed E-state index contributed by atoms with van der Waals surface area (Å²) in [4.78, 5) is 38.1. The molecule has 6 heteroatoms. The van der Waals surface area contributed by atoms with Crippen molar-refractivity contribution in [1.82, 2.24) is 0 Å². The minimum absolute atomic E-state index is 0.101. The molecule has 0 aliphatic heterocycles. The second-order valence-electron chi connectivity index (χ2n) is 17.6. The molecule has 0 aliphatic carbocycles. The number of ether oxygens (including phenoxy) is 3. The first-order chi connectivity index (χ1) is 32.5. The number of carbonyl (C=O) groups is 3. The van der Waals surface area contributed by atoms with Gasteiger partial charge in [0.05, 0.1) is 0 Å². The maximum absolute atomic E-state index is 12.8. The van der Waals surface area contributed by atoms with Gasteiger partial charge in [-0.25, -0.2) is 0 Å². The van der Waals surface area contributed by atoms with Crippen LogP contribution in [0.3, 0.4) is 0 Å². The average molecular weight is 915 g/mol. The molecule has 1 atom stereocenters. The van der Waals surface area contributed by atoms with E-state index in [1.165, 1.54) is 83.5 Å². The van der Waals surface area contributed by atoms with E-state index in [-0.39, 0.29) is 31.1 Å². The number of esters is 3. The van der Waals surface area contributed by atoms with Gasteiger partial charge in [0, 0.05) is 19.3 Å². The lowest BCUT2D eigenvalue weighted by Gasteiger charge is -2.18. The molecular weight excluding hydrogens is 817 g/mol. The zero-order valence-corrected chi connectivity index (χ0v) is 42.7. The Bertz CT molecular complexity index is 1370. The van der Waals surface area contributed by atoms with Crippen LogP contribution in [-0.2, 0) is 28.6 Å². The highest BCUT2D eigenvalue weighted by Gasteiger charge is 2.19. The van der Waals surface area contributed by atoms with Crippen molar-refractivity contribution in [3.63, 3.8) is 0 Å². The van der Waals surface area contributed by atoms with E-state index in [1.54, 1.807) is 0 Å². The molecule has 0 fully saturated rings. The van der Waals surface area contributed by atoms with E-state index in [0.29, 0.717) is 19.3 Å². The first-order valence-electron chi connectivity index (χ1n) is 27.0. The first kappa shape index (κ1) is 62.1. The predicted molar refractivity (Wildman–Crippen MR) is 283 cm³/mol. The molecule has 0 saturated carbocycles. The molecule has 0 aliphatic rings. The SMILES string of the molecule is CC/C=C/C=C/C=C/CCCCCCCC(=O)OCC(COC(=O)CCCCCCC/C=C/C=C/C=C/C=C/C=C/CCC)OC(=O)CCCCCCCCC/C=C/CCCCCCCC. The van der Waals surface area contributed by atoms with E-state index in [0.717, 1.165) is 109 Å². The molecule has 0 bridgehead atoms. The van der Waals surface area contributed by atoms with Crippen LogP contribution in [0.15, 0.2) is 109 Å². The van der Waals surface area contributed by atoms with Crippen molar-refractivity contribution in [1.29, 1.82) is 0 Å². The van der Waals surface area contributed by atoms with E-state index in [9.17, 15) is 14.4 Å². The van der Waals surface area contributed by atoms with E-state index >= 15 is 0 Å². The molecule has 0 N–H and O–H groups in total. The van der Waals surface area contributed by atoms with Crippen molar-refractivity contribution in [3.8, 4) is 0 Å². The van der Waals surface area contributed by atoms with Crippen molar-refractivity contribution in [2.75, 3.05) is 13.2 Å². The van der Waals surface area contributed by atoms with Crippen molar-refractivity contribution in [2.24, 2.45) is 0 Å². The molecule has 66 heavy (non-hydrogen) atoms. The van der Waals surface area contributed by atoms with E-state index in [1.807, 2.05) is 24.3 Å². The zero-order chi connectivity index (χ0) is 47.9. The van der Waals surface area contributed by atoms with Gasteiger partial charge >= 0.3 is 17.9 Å². The third-order valence-electron chi connectivity index (χ3n) is 11.2. The minimum atomic E-state index is -0.802. The maximum atomic E-state index is 12.8. The van der Waals surface area contributed by atoms with E-state index < -0.39 is 6.10 Å². The Morgan fingerprint density at radius 3 is 1.03 bits per heavy atom. The van der Waals surface area contributed by atoms with Crippen LogP contribution in [0.1, 0.15) is 233 Å². The van der Waals surface area contributed by atoms with Crippen molar-refractivity contribution < 1.29 is 28.6 Å². The van der Waals surface area contributed by atoms with Crippen molar-refractivity contribution in [3.05, 3.63) is 109 Å². The molecule has 0 radical (unpaired) electrons. The number of rotatable bonds is 47. The van der Waals surface area contributed by atoms with Gasteiger partial charge in [-0.15, -0.1) is 0 Å². The molecule has 0 heterocycles. The summed E-state index contributed by atoms with van der Waals surface area (Å²) in [6.07, 6.45) is 72.1. The van der Waals surface area contributed by atoms with Gasteiger partial charge in [0.1, 0.15) is 13.2 Å². The van der Waals surface area contributed by atoms with Gasteiger partial charge in [-0.2, -0.15) is 0 Å². The Morgan fingerprint density at radius 1 is 0.318 bits per heavy atom. The lowest BCUT2D eigenvalue weighted by Crippen LogP contribution is -2.30. The minimum Gasteiger partial charge on any atom is -0.462 e. The summed E-state index contributed by atoms with van der Waals surface area (Å²) in [6.45, 7) is 6.37. The summed E-state index contributed by atoms with van der Waals surface area (Å²) in [6, 6.07) is 0. The zero-order valence-electron chi connectivity index (χ0n) is 42.7. The third kappa shape index (κ3) is 51.1. The maximum Gasteiger partial charge on any atom is 0.306 e. The molecule has 0 aromatic heterocycles. The monoisotopic (exact) mass is 915 g/mol. The van der Waals surface area contributed by atoms with Crippen LogP contribution >= 0.6 is 0 Å². The van der Waals surface area contributed by atoms with Gasteiger partial charge in [0.2, 0.25) is 0 Å². The highest BCUT2D eigenvalue weighted by atomic mass is 16.6. The van der Waals surface area contributed by atoms with E-state index in [4.69, 9.17) is 14.2 Å². The fourth-order valence-corrected chi connectivity index (χ4v) is 7.11. The standard InChI is InChI=1S/C60H98O6/c1-4-7-10-13-16-19-22-25-27-29-31-32-35-38-41-44-47-50-53-59(62)65-56-57(55-64-58(61)52-49-46-43-40-37-34-24-21-18-15-12-9-6-3)66-60(63)54-51-48-45-42-39-36-33-30-28-26-23-20-17-14-11-8-5-2/h9-10,12-13,15-16,18-19,21-22,24-29,31-32,57H,4-8,11,14,17,20,23,30,33-56H2,1-3H3/b12-9+,13-10+,18-15+,19-16+,24-21+,25-22+,28-26+,29-27+,32-31+. The Hall–Kier alpha value is -3.93. The molecule has 374 valence electrons. The normalized spacial score (nSPS) is 13.0. The van der Waals surface area contributed by atoms with Crippen LogP contribution in [0.5, 0.6) is 0 Å². The van der Waals surface area contributed by atoms with Crippen LogP contribution in [0.25, 0.3) is 0 Å². The summed E-state index contributed by atoms with van der Waals surface area (Å²) < 4.78 is 16.8. The van der Waals surface area contributed by atoms with Gasteiger partial charge in [-0.3, -0.25) is 14.4 Å². The quantitative estimate of drug-likeness (QED) is 0.0199. The van der Waals surface area contributed by atoms with Gasteiger partial charge in [-0.05, 0) is 83.5 Å². The Balaban J connectivity index is 4.48. The van der Waals surface area contributed by atoms with Crippen LogP contribution in [0.4, 0.5) is 0 Å². The lowest BCUT2D eigenvalue weighted by atomic mass is 10.1. The number of carbonyl (C=O) groups excluding carboxylic acids is 3. The number of unbranched alkanes of at least 4 members (excludes halogenated alkanes) is 24. The smallest absolute Gasteiger partial charge is 0.306 e. The molecule has 0 spiro atoms. The summed E-state index contributed by atoms with van der Waals surface area (Å²) in [5.74, 6) is -0.951. The van der Waals surface area contributed by atoms with Gasteiger partial charge in [0.25, 0.3) is 0 Å². The Labute approximate surface area is 406 Å². The van der Waals surface area contributed by atoms with Crippen LogP contribution < -0.4 is 0 Å². The Kier molecular flexibility index (Phi) is 50.5. The number of hydrogen-bond acceptors (Lipinski definition) is 6. The van der Waals surface area contributed by atoms with E-state index in [2.05, 4.69) is 106 Å². The second-order valence-corrected chi connectivity index (χ2v) is 17.6. The average Bonchev–Trinajstić information content (AvgIpc) is 3.31. The summed E-state index contributed by atoms with van der Waals surface area (Å²) in [5.41, 5.74) is 0. The molecule has 0 aromatic carbocycles. The summed E-state index contributed by atoms with van der Waals surface area (Å²) in [5, 5.41) is 0. The second kappa shape index (κ2) is 53.7. The molecule has 0 saturated heterocycles. The highest BCUT2D eigenvalue weighted by molar-refractivity contribution is 5.71. The fourth-order valence-electron chi connectivity index (χ4n) is 7.11. The largest absolute Gasteiger partial charge is 0.462 e. The first-order valence-corrected chi connectivity index (χ1v) is 27.0. The van der Waals surface area contributed by atoms with Crippen LogP contribution in [0, 0.1) is 0 Å². The number of hydrogen-bond donors (Lipinski definition) is 0. The van der Waals surface area contributed by atoms with Gasteiger partial charge in [0.15, 0.2) is 6.10 Å². The topological polar surface area (TPSA) is 78.9 Å². The third-order valence-corrected chi connectivity index (χ3v) is 11.2.